The minimum absolute atomic E-state index is 0.0381. The minimum Gasteiger partial charge on any atom is -0.461 e. The summed E-state index contributed by atoms with van der Waals surface area (Å²) < 4.78 is 7.38. The molecular formula is C18H20N4O2S. The first-order chi connectivity index (χ1) is 12.2. The first-order valence-electron chi connectivity index (χ1n) is 8.22. The van der Waals surface area contributed by atoms with E-state index in [1.807, 2.05) is 60.9 Å². The van der Waals surface area contributed by atoms with Crippen molar-refractivity contribution in [3.05, 3.63) is 48.7 Å². The van der Waals surface area contributed by atoms with Crippen molar-refractivity contribution in [1.29, 1.82) is 0 Å². The van der Waals surface area contributed by atoms with Crippen LogP contribution in [0.1, 0.15) is 20.3 Å². The van der Waals surface area contributed by atoms with Gasteiger partial charge in [-0.25, -0.2) is 0 Å². The van der Waals surface area contributed by atoms with E-state index in [0.29, 0.717) is 29.7 Å². The van der Waals surface area contributed by atoms with Crippen LogP contribution in [-0.2, 0) is 11.3 Å². The van der Waals surface area contributed by atoms with Gasteiger partial charge in [-0.05, 0) is 37.6 Å². The molecule has 3 aromatic rings. The van der Waals surface area contributed by atoms with E-state index in [2.05, 4.69) is 15.5 Å². The highest BCUT2D eigenvalue weighted by molar-refractivity contribution is 8.00. The SMILES string of the molecule is CC[C@@H](Sc1nnc(-c2ccco2)n1CC)C(=O)Nc1ccccc1. The Hall–Kier alpha value is -2.54. The number of nitrogens with one attached hydrogen (secondary N) is 1. The molecular weight excluding hydrogens is 336 g/mol. The fourth-order valence-electron chi connectivity index (χ4n) is 2.44. The zero-order valence-electron chi connectivity index (χ0n) is 14.2. The second-order valence-corrected chi connectivity index (χ2v) is 6.57. The molecule has 7 heteroatoms. The monoisotopic (exact) mass is 356 g/mol. The molecule has 2 heterocycles. The van der Waals surface area contributed by atoms with Crippen molar-refractivity contribution < 1.29 is 9.21 Å². The van der Waals surface area contributed by atoms with Gasteiger partial charge in [0.25, 0.3) is 0 Å². The van der Waals surface area contributed by atoms with E-state index in [-0.39, 0.29) is 11.2 Å². The Morgan fingerprint density at radius 2 is 2.00 bits per heavy atom. The van der Waals surface area contributed by atoms with Crippen LogP contribution in [-0.4, -0.2) is 25.9 Å². The molecule has 0 spiro atoms. The first kappa shape index (κ1) is 17.3. The third-order valence-electron chi connectivity index (χ3n) is 3.73. The van der Waals surface area contributed by atoms with Crippen LogP contribution >= 0.6 is 11.8 Å². The average Bonchev–Trinajstić information content (AvgIpc) is 3.29. The van der Waals surface area contributed by atoms with Crippen molar-refractivity contribution in [2.24, 2.45) is 0 Å². The normalized spacial score (nSPS) is 12.1. The zero-order chi connectivity index (χ0) is 17.6. The Morgan fingerprint density at radius 1 is 1.20 bits per heavy atom. The summed E-state index contributed by atoms with van der Waals surface area (Å²) in [6, 6.07) is 13.1. The minimum atomic E-state index is -0.251. The molecule has 0 saturated heterocycles. The average molecular weight is 356 g/mol. The van der Waals surface area contributed by atoms with E-state index in [1.54, 1.807) is 6.26 Å². The molecule has 0 saturated carbocycles. The van der Waals surface area contributed by atoms with Crippen LogP contribution in [0.25, 0.3) is 11.6 Å². The molecule has 0 aliphatic rings. The third-order valence-corrected chi connectivity index (χ3v) is 5.07. The maximum atomic E-state index is 12.6. The van der Waals surface area contributed by atoms with Crippen molar-refractivity contribution in [2.75, 3.05) is 5.32 Å². The number of carbonyl (C=O) groups is 1. The summed E-state index contributed by atoms with van der Waals surface area (Å²) in [5.74, 6) is 1.31. The maximum absolute atomic E-state index is 12.6. The lowest BCUT2D eigenvalue weighted by Crippen LogP contribution is -2.25. The number of furan rings is 1. The molecule has 1 aromatic carbocycles. The molecule has 25 heavy (non-hydrogen) atoms. The van der Waals surface area contributed by atoms with Gasteiger partial charge < -0.3 is 9.73 Å². The first-order valence-corrected chi connectivity index (χ1v) is 9.10. The summed E-state index contributed by atoms with van der Waals surface area (Å²) >= 11 is 1.42. The number of nitrogens with zero attached hydrogens (tertiary/aromatic N) is 3. The van der Waals surface area contributed by atoms with Crippen molar-refractivity contribution in [3.8, 4) is 11.6 Å². The fourth-order valence-corrected chi connectivity index (χ4v) is 3.46. The number of anilines is 1. The molecule has 0 aliphatic heterocycles. The summed E-state index contributed by atoms with van der Waals surface area (Å²) in [4.78, 5) is 12.6. The van der Waals surface area contributed by atoms with E-state index < -0.39 is 0 Å². The maximum Gasteiger partial charge on any atom is 0.237 e. The molecule has 0 radical (unpaired) electrons. The molecule has 0 bridgehead atoms. The number of amides is 1. The van der Waals surface area contributed by atoms with Crippen molar-refractivity contribution in [3.63, 3.8) is 0 Å². The molecule has 2 aromatic heterocycles. The lowest BCUT2D eigenvalue weighted by atomic mass is 10.3. The smallest absolute Gasteiger partial charge is 0.237 e. The Kier molecular flexibility index (Phi) is 5.55. The van der Waals surface area contributed by atoms with Crippen LogP contribution in [0.5, 0.6) is 0 Å². The van der Waals surface area contributed by atoms with Gasteiger partial charge in [0.2, 0.25) is 5.91 Å². The fraction of sp³-hybridized carbons (Fsp3) is 0.278. The molecule has 1 N–H and O–H groups in total. The van der Waals surface area contributed by atoms with E-state index in [1.165, 1.54) is 11.8 Å². The van der Waals surface area contributed by atoms with Gasteiger partial charge in [-0.2, -0.15) is 0 Å². The van der Waals surface area contributed by atoms with Gasteiger partial charge in [-0.1, -0.05) is 36.9 Å². The van der Waals surface area contributed by atoms with Gasteiger partial charge in [0.1, 0.15) is 0 Å². The van der Waals surface area contributed by atoms with Crippen LogP contribution in [0, 0.1) is 0 Å². The van der Waals surface area contributed by atoms with Gasteiger partial charge in [-0.3, -0.25) is 9.36 Å². The molecule has 3 rings (SSSR count). The number of aromatic nitrogens is 3. The number of carbonyl (C=O) groups excluding carboxylic acids is 1. The van der Waals surface area contributed by atoms with Gasteiger partial charge in [0, 0.05) is 12.2 Å². The van der Waals surface area contributed by atoms with E-state index in [0.717, 1.165) is 5.69 Å². The second kappa shape index (κ2) is 8.02. The van der Waals surface area contributed by atoms with Crippen molar-refractivity contribution in [1.82, 2.24) is 14.8 Å². The number of thioether (sulfide) groups is 1. The number of benzene rings is 1. The number of para-hydroxylation sites is 1. The van der Waals surface area contributed by atoms with Gasteiger partial charge in [0.15, 0.2) is 16.7 Å². The Morgan fingerprint density at radius 3 is 2.64 bits per heavy atom. The van der Waals surface area contributed by atoms with Crippen LogP contribution in [0.2, 0.25) is 0 Å². The lowest BCUT2D eigenvalue weighted by molar-refractivity contribution is -0.115. The Balaban J connectivity index is 1.76. The van der Waals surface area contributed by atoms with Crippen LogP contribution in [0.4, 0.5) is 5.69 Å². The zero-order valence-corrected chi connectivity index (χ0v) is 15.0. The largest absolute Gasteiger partial charge is 0.461 e. The van der Waals surface area contributed by atoms with Crippen molar-refractivity contribution >= 4 is 23.4 Å². The van der Waals surface area contributed by atoms with E-state index >= 15 is 0 Å². The summed E-state index contributed by atoms with van der Waals surface area (Å²) in [6.07, 6.45) is 2.30. The predicted molar refractivity (Wildman–Crippen MR) is 98.4 cm³/mol. The van der Waals surface area contributed by atoms with Crippen LogP contribution in [0.15, 0.2) is 58.3 Å². The standard InChI is InChI=1S/C18H20N4O2S/c1-3-15(17(23)19-13-9-6-5-7-10-13)25-18-21-20-16(22(18)4-2)14-11-8-12-24-14/h5-12,15H,3-4H2,1-2H3,(H,19,23)/t15-/m1/s1. The molecule has 0 aliphatic carbocycles. The molecule has 0 fully saturated rings. The van der Waals surface area contributed by atoms with Gasteiger partial charge in [0.05, 0.1) is 11.5 Å². The summed E-state index contributed by atoms with van der Waals surface area (Å²) in [7, 11) is 0. The Labute approximate surface area is 150 Å². The van der Waals surface area contributed by atoms with Crippen LogP contribution in [0.3, 0.4) is 0 Å². The summed E-state index contributed by atoms with van der Waals surface area (Å²) in [5, 5.41) is 11.9. The molecule has 0 unspecified atom stereocenters. The second-order valence-electron chi connectivity index (χ2n) is 5.40. The van der Waals surface area contributed by atoms with Crippen molar-refractivity contribution in [2.45, 2.75) is 37.2 Å². The number of hydrogen-bond acceptors (Lipinski definition) is 5. The van der Waals surface area contributed by atoms with Gasteiger partial charge >= 0.3 is 0 Å². The lowest BCUT2D eigenvalue weighted by Gasteiger charge is -2.14. The highest BCUT2D eigenvalue weighted by atomic mass is 32.2. The van der Waals surface area contributed by atoms with Crippen LogP contribution < -0.4 is 5.32 Å². The Bertz CT molecular complexity index is 815. The molecule has 1 amide bonds. The quantitative estimate of drug-likeness (QED) is 0.646. The number of rotatable bonds is 7. The molecule has 1 atom stereocenters. The topological polar surface area (TPSA) is 73.0 Å². The summed E-state index contributed by atoms with van der Waals surface area (Å²) in [6.45, 7) is 4.70. The number of hydrogen-bond donors (Lipinski definition) is 1. The van der Waals surface area contributed by atoms with Gasteiger partial charge in [-0.15, -0.1) is 10.2 Å². The molecule has 130 valence electrons. The predicted octanol–water partition coefficient (Wildman–Crippen LogP) is 4.07. The van der Waals surface area contributed by atoms with E-state index in [9.17, 15) is 4.79 Å². The highest BCUT2D eigenvalue weighted by Crippen LogP contribution is 2.29. The van der Waals surface area contributed by atoms with E-state index in [4.69, 9.17) is 4.42 Å². The summed E-state index contributed by atoms with van der Waals surface area (Å²) in [5.41, 5.74) is 0.791. The highest BCUT2D eigenvalue weighted by Gasteiger charge is 2.23. The third kappa shape index (κ3) is 3.93. The molecule has 6 nitrogen and oxygen atoms in total.